The van der Waals surface area contributed by atoms with E-state index in [0.29, 0.717) is 15.9 Å². The van der Waals surface area contributed by atoms with Crippen molar-refractivity contribution in [1.29, 1.82) is 0 Å². The second-order valence-corrected chi connectivity index (χ2v) is 5.46. The first-order chi connectivity index (χ1) is 9.75. The predicted octanol–water partition coefficient (Wildman–Crippen LogP) is 3.14. The Hall–Kier alpha value is -1.89. The molecule has 0 aliphatic rings. The summed E-state index contributed by atoms with van der Waals surface area (Å²) in [5.41, 5.74) is 1.06. The Morgan fingerprint density at radius 3 is 2.85 bits per heavy atom. The number of H-pyrrole nitrogens is 1. The van der Waals surface area contributed by atoms with Crippen LogP contribution in [-0.4, -0.2) is 9.97 Å². The molecule has 1 heterocycles. The molecule has 2 N–H and O–H groups in total. The molecule has 0 fully saturated rings. The zero-order chi connectivity index (χ0) is 13.9. The minimum absolute atomic E-state index is 0.124. The Bertz CT molecular complexity index is 808. The number of nitrogens with zero attached hydrogens (tertiary/aromatic N) is 1. The maximum atomic E-state index is 11.5. The van der Waals surface area contributed by atoms with Crippen molar-refractivity contribution >= 4 is 39.2 Å². The summed E-state index contributed by atoms with van der Waals surface area (Å²) in [4.78, 5) is 18.2. The van der Waals surface area contributed by atoms with Gasteiger partial charge in [-0.1, -0.05) is 42.5 Å². The van der Waals surface area contributed by atoms with E-state index in [4.69, 9.17) is 0 Å². The summed E-state index contributed by atoms with van der Waals surface area (Å²) in [6, 6.07) is 14.5. The average Bonchev–Trinajstić information content (AvgIpc) is 2.49. The van der Waals surface area contributed by atoms with Crippen molar-refractivity contribution in [3.8, 4) is 0 Å². The smallest absolute Gasteiger partial charge is 0.266 e. The monoisotopic (exact) mass is 377 g/mol. The van der Waals surface area contributed by atoms with Gasteiger partial charge in [0.15, 0.2) is 0 Å². The molecular formula is C15H12IN3O. The molecule has 2 aromatic carbocycles. The highest BCUT2D eigenvalue weighted by atomic mass is 127. The third-order valence-corrected chi connectivity index (χ3v) is 4.12. The van der Waals surface area contributed by atoms with E-state index in [0.717, 1.165) is 0 Å². The van der Waals surface area contributed by atoms with Gasteiger partial charge in [-0.3, -0.25) is 4.79 Å². The van der Waals surface area contributed by atoms with Crippen molar-refractivity contribution in [2.24, 2.45) is 0 Å². The van der Waals surface area contributed by atoms with Gasteiger partial charge in [0.2, 0.25) is 0 Å². The molecule has 0 amide bonds. The largest absolute Gasteiger partial charge is 0.365 e. The summed E-state index contributed by atoms with van der Waals surface area (Å²) in [7, 11) is 0. The van der Waals surface area contributed by atoms with Crippen LogP contribution in [0.5, 0.6) is 0 Å². The summed E-state index contributed by atoms with van der Waals surface area (Å²) in [5.74, 6) is 0.613. The number of aromatic nitrogens is 2. The number of halogens is 1. The predicted molar refractivity (Wildman–Crippen MR) is 88.8 cm³/mol. The van der Waals surface area contributed by atoms with Gasteiger partial charge in [0.05, 0.1) is 6.33 Å². The minimum Gasteiger partial charge on any atom is -0.365 e. The Morgan fingerprint density at radius 1 is 1.15 bits per heavy atom. The molecule has 0 aliphatic carbocycles. The molecule has 4 nitrogen and oxygen atoms in total. The van der Waals surface area contributed by atoms with Crippen LogP contribution in [0, 0.1) is 3.57 Å². The minimum atomic E-state index is -0.124. The standard InChI is InChI=1S/C15H12IN3O/c16-13-14(18-9-19-15(13)20)17-8-11-6-3-5-10-4-1-2-7-12(10)11/h1-7,9H,8H2,(H2,17,18,19,20). The Morgan fingerprint density at radius 2 is 1.95 bits per heavy atom. The van der Waals surface area contributed by atoms with E-state index in [1.807, 2.05) is 40.8 Å². The number of nitrogens with one attached hydrogen (secondary N) is 2. The van der Waals surface area contributed by atoms with Crippen molar-refractivity contribution in [3.63, 3.8) is 0 Å². The van der Waals surface area contributed by atoms with Gasteiger partial charge in [-0.15, -0.1) is 0 Å². The summed E-state index contributed by atoms with van der Waals surface area (Å²) < 4.78 is 0.574. The molecule has 1 aromatic heterocycles. The summed E-state index contributed by atoms with van der Waals surface area (Å²) >= 11 is 2.00. The van der Waals surface area contributed by atoms with Crippen LogP contribution in [0.25, 0.3) is 10.8 Å². The molecule has 20 heavy (non-hydrogen) atoms. The van der Waals surface area contributed by atoms with Gasteiger partial charge in [0.1, 0.15) is 9.39 Å². The van der Waals surface area contributed by atoms with Gasteiger partial charge < -0.3 is 10.3 Å². The lowest BCUT2D eigenvalue weighted by atomic mass is 10.0. The van der Waals surface area contributed by atoms with Gasteiger partial charge in [0.25, 0.3) is 5.56 Å². The molecule has 0 atom stereocenters. The zero-order valence-corrected chi connectivity index (χ0v) is 12.7. The maximum absolute atomic E-state index is 11.5. The van der Waals surface area contributed by atoms with Crippen molar-refractivity contribution in [3.05, 3.63) is 68.3 Å². The van der Waals surface area contributed by atoms with Crippen LogP contribution in [0.2, 0.25) is 0 Å². The van der Waals surface area contributed by atoms with Crippen LogP contribution in [0.4, 0.5) is 5.82 Å². The van der Waals surface area contributed by atoms with Crippen LogP contribution < -0.4 is 10.9 Å². The molecule has 5 heteroatoms. The Labute approximate surface area is 129 Å². The first-order valence-electron chi connectivity index (χ1n) is 6.19. The first kappa shape index (κ1) is 13.1. The molecule has 0 saturated carbocycles. The van der Waals surface area contributed by atoms with Crippen LogP contribution in [0.15, 0.2) is 53.6 Å². The summed E-state index contributed by atoms with van der Waals surface area (Å²) in [6.07, 6.45) is 1.41. The number of anilines is 1. The van der Waals surface area contributed by atoms with Gasteiger partial charge in [-0.2, -0.15) is 0 Å². The Balaban J connectivity index is 1.91. The quantitative estimate of drug-likeness (QED) is 0.690. The van der Waals surface area contributed by atoms with Crippen LogP contribution >= 0.6 is 22.6 Å². The second-order valence-electron chi connectivity index (χ2n) is 4.39. The first-order valence-corrected chi connectivity index (χ1v) is 7.27. The molecule has 3 aromatic rings. The van der Waals surface area contributed by atoms with E-state index in [2.05, 4.69) is 39.6 Å². The number of benzene rings is 2. The number of hydrogen-bond acceptors (Lipinski definition) is 3. The van der Waals surface area contributed by atoms with Crippen LogP contribution in [0.3, 0.4) is 0 Å². The average molecular weight is 377 g/mol. The number of rotatable bonds is 3. The number of hydrogen-bond donors (Lipinski definition) is 2. The fourth-order valence-electron chi connectivity index (χ4n) is 2.13. The zero-order valence-electron chi connectivity index (χ0n) is 10.6. The number of aromatic amines is 1. The fourth-order valence-corrected chi connectivity index (χ4v) is 2.62. The van der Waals surface area contributed by atoms with E-state index < -0.39 is 0 Å². The van der Waals surface area contributed by atoms with Gasteiger partial charge >= 0.3 is 0 Å². The van der Waals surface area contributed by atoms with Gasteiger partial charge in [-0.25, -0.2) is 4.98 Å². The normalized spacial score (nSPS) is 10.7. The van der Waals surface area contributed by atoms with E-state index >= 15 is 0 Å². The third kappa shape index (κ3) is 2.53. The fraction of sp³-hybridized carbons (Fsp3) is 0.0667. The lowest BCUT2D eigenvalue weighted by Gasteiger charge is -2.09. The third-order valence-electron chi connectivity index (χ3n) is 3.12. The maximum Gasteiger partial charge on any atom is 0.266 e. The van der Waals surface area contributed by atoms with Crippen molar-refractivity contribution in [2.75, 3.05) is 5.32 Å². The molecule has 100 valence electrons. The highest BCUT2D eigenvalue weighted by Crippen LogP contribution is 2.19. The molecule has 3 rings (SSSR count). The van der Waals surface area contributed by atoms with E-state index in [9.17, 15) is 4.79 Å². The van der Waals surface area contributed by atoms with Crippen LogP contribution in [0.1, 0.15) is 5.56 Å². The molecular weight excluding hydrogens is 365 g/mol. The SMILES string of the molecule is O=c1[nH]cnc(NCc2cccc3ccccc23)c1I. The van der Waals surface area contributed by atoms with E-state index in [1.165, 1.54) is 22.7 Å². The lowest BCUT2D eigenvalue weighted by molar-refractivity contribution is 1.05. The van der Waals surface area contributed by atoms with Gasteiger partial charge in [-0.05, 0) is 38.9 Å². The molecule has 0 radical (unpaired) electrons. The molecule has 0 saturated heterocycles. The molecule has 0 bridgehead atoms. The second kappa shape index (κ2) is 5.62. The highest BCUT2D eigenvalue weighted by molar-refractivity contribution is 14.1. The van der Waals surface area contributed by atoms with Crippen LogP contribution in [-0.2, 0) is 6.54 Å². The topological polar surface area (TPSA) is 57.8 Å². The Kier molecular flexibility index (Phi) is 3.68. The van der Waals surface area contributed by atoms with Crippen molar-refractivity contribution in [1.82, 2.24) is 9.97 Å². The van der Waals surface area contributed by atoms with Gasteiger partial charge in [0, 0.05) is 6.54 Å². The number of fused-ring (bicyclic) bond motifs is 1. The molecule has 0 unspecified atom stereocenters. The van der Waals surface area contributed by atoms with E-state index in [1.54, 1.807) is 0 Å². The van der Waals surface area contributed by atoms with Crippen molar-refractivity contribution in [2.45, 2.75) is 6.54 Å². The molecule has 0 aliphatic heterocycles. The molecule has 0 spiro atoms. The highest BCUT2D eigenvalue weighted by Gasteiger charge is 2.05. The summed E-state index contributed by atoms with van der Waals surface area (Å²) in [6.45, 7) is 0.633. The lowest BCUT2D eigenvalue weighted by Crippen LogP contribution is -2.14. The van der Waals surface area contributed by atoms with Crippen molar-refractivity contribution < 1.29 is 0 Å². The summed E-state index contributed by atoms with van der Waals surface area (Å²) in [5, 5.41) is 5.64. The van der Waals surface area contributed by atoms with E-state index in [-0.39, 0.29) is 5.56 Å².